The number of rotatable bonds is 6. The second-order valence-corrected chi connectivity index (χ2v) is 6.72. The van der Waals surface area contributed by atoms with Crippen LogP contribution in [0.1, 0.15) is 19.3 Å². The van der Waals surface area contributed by atoms with Crippen LogP contribution in [0.3, 0.4) is 0 Å². The molecular weight excluding hydrogens is 280 g/mol. The number of aliphatic hydroxyl groups excluding tert-OH is 1. The molecule has 1 aliphatic rings. The van der Waals surface area contributed by atoms with Crippen molar-refractivity contribution in [3.8, 4) is 5.75 Å². The van der Waals surface area contributed by atoms with E-state index in [1.165, 1.54) is 23.5 Å². The van der Waals surface area contributed by atoms with Gasteiger partial charge in [0.2, 0.25) is 10.0 Å². The van der Waals surface area contributed by atoms with Crippen molar-refractivity contribution in [1.82, 2.24) is 4.31 Å². The Morgan fingerprint density at radius 3 is 2.60 bits per heavy atom. The molecule has 0 amide bonds. The number of hydrogen-bond donors (Lipinski definition) is 2. The molecule has 1 aromatic carbocycles. The fourth-order valence-electron chi connectivity index (χ4n) is 2.28. The van der Waals surface area contributed by atoms with Crippen LogP contribution in [0.25, 0.3) is 0 Å². The first-order valence-corrected chi connectivity index (χ1v) is 8.01. The highest BCUT2D eigenvalue weighted by Gasteiger charge is 2.34. The van der Waals surface area contributed by atoms with Gasteiger partial charge in [0.25, 0.3) is 0 Å². The van der Waals surface area contributed by atoms with Crippen LogP contribution in [0.15, 0.2) is 23.1 Å². The molecule has 1 fully saturated rings. The molecule has 1 aliphatic carbocycles. The van der Waals surface area contributed by atoms with Crippen LogP contribution < -0.4 is 10.5 Å². The molecule has 0 aliphatic heterocycles. The van der Waals surface area contributed by atoms with Gasteiger partial charge in [0, 0.05) is 12.6 Å². The molecular formula is C13H20N2O4S. The zero-order valence-electron chi connectivity index (χ0n) is 11.4. The van der Waals surface area contributed by atoms with Gasteiger partial charge in [-0.25, -0.2) is 8.42 Å². The van der Waals surface area contributed by atoms with Gasteiger partial charge < -0.3 is 15.6 Å². The summed E-state index contributed by atoms with van der Waals surface area (Å²) in [6.45, 7) is -0.0830. The lowest BCUT2D eigenvalue weighted by atomic mass is 9.93. The smallest absolute Gasteiger partial charge is 0.243 e. The largest absolute Gasteiger partial charge is 0.495 e. The van der Waals surface area contributed by atoms with E-state index in [0.29, 0.717) is 5.75 Å². The normalized spacial score (nSPS) is 16.1. The van der Waals surface area contributed by atoms with Crippen molar-refractivity contribution in [1.29, 1.82) is 0 Å². The number of benzene rings is 1. The van der Waals surface area contributed by atoms with Crippen LogP contribution in [0, 0.1) is 0 Å². The Balaban J connectivity index is 2.34. The number of hydrogen-bond acceptors (Lipinski definition) is 5. The van der Waals surface area contributed by atoms with Crippen molar-refractivity contribution in [2.75, 3.05) is 26.0 Å². The van der Waals surface area contributed by atoms with E-state index in [9.17, 15) is 8.42 Å². The minimum atomic E-state index is -3.63. The van der Waals surface area contributed by atoms with Crippen molar-refractivity contribution in [3.63, 3.8) is 0 Å². The minimum absolute atomic E-state index is 0.0181. The van der Waals surface area contributed by atoms with Crippen LogP contribution in [0.2, 0.25) is 0 Å². The molecule has 0 unspecified atom stereocenters. The van der Waals surface area contributed by atoms with Gasteiger partial charge in [-0.05, 0) is 31.0 Å². The van der Waals surface area contributed by atoms with Crippen molar-refractivity contribution in [3.05, 3.63) is 18.2 Å². The van der Waals surface area contributed by atoms with Gasteiger partial charge in [-0.1, -0.05) is 6.42 Å². The number of sulfonamides is 1. The third kappa shape index (κ3) is 2.74. The Bertz CT molecular complexity index is 570. The van der Waals surface area contributed by atoms with Gasteiger partial charge in [0.15, 0.2) is 0 Å². The summed E-state index contributed by atoms with van der Waals surface area (Å²) >= 11 is 0. The molecule has 2 rings (SSSR count). The molecule has 112 valence electrons. The van der Waals surface area contributed by atoms with Crippen LogP contribution >= 0.6 is 0 Å². The Kier molecular flexibility index (Phi) is 4.52. The van der Waals surface area contributed by atoms with Gasteiger partial charge in [-0.3, -0.25) is 0 Å². The molecule has 7 heteroatoms. The molecule has 1 aromatic rings. The molecule has 6 nitrogen and oxygen atoms in total. The number of ether oxygens (including phenoxy) is 1. The van der Waals surface area contributed by atoms with E-state index < -0.39 is 10.0 Å². The van der Waals surface area contributed by atoms with Crippen molar-refractivity contribution in [2.24, 2.45) is 0 Å². The second kappa shape index (κ2) is 5.99. The van der Waals surface area contributed by atoms with Crippen LogP contribution in [0.5, 0.6) is 5.75 Å². The fourth-order valence-corrected chi connectivity index (χ4v) is 3.99. The maximum atomic E-state index is 12.6. The molecule has 1 saturated carbocycles. The summed E-state index contributed by atoms with van der Waals surface area (Å²) in [7, 11) is -2.15. The molecule has 20 heavy (non-hydrogen) atoms. The number of aliphatic hydroxyl groups is 1. The molecule has 3 N–H and O–H groups in total. The lowest BCUT2D eigenvalue weighted by Gasteiger charge is -2.36. The van der Waals surface area contributed by atoms with Crippen LogP contribution in [-0.4, -0.2) is 44.1 Å². The third-order valence-corrected chi connectivity index (χ3v) is 5.56. The first kappa shape index (κ1) is 15.1. The van der Waals surface area contributed by atoms with Gasteiger partial charge in [0.1, 0.15) is 5.75 Å². The summed E-state index contributed by atoms with van der Waals surface area (Å²) in [5, 5.41) is 9.10. The lowest BCUT2D eigenvalue weighted by molar-refractivity contribution is 0.178. The van der Waals surface area contributed by atoms with Crippen molar-refractivity contribution >= 4 is 15.7 Å². The number of anilines is 1. The van der Waals surface area contributed by atoms with E-state index in [0.717, 1.165) is 19.3 Å². The Morgan fingerprint density at radius 2 is 2.15 bits per heavy atom. The molecule has 0 saturated heterocycles. The van der Waals surface area contributed by atoms with Gasteiger partial charge in [-0.2, -0.15) is 4.31 Å². The number of methoxy groups -OCH3 is 1. The zero-order valence-corrected chi connectivity index (χ0v) is 12.3. The number of nitrogens with two attached hydrogens (primary N) is 1. The SMILES string of the molecule is COc1ccc(S(=O)(=O)N(CCO)C2CCC2)cc1N. The summed E-state index contributed by atoms with van der Waals surface area (Å²) in [5.41, 5.74) is 6.05. The van der Waals surface area contributed by atoms with Gasteiger partial charge in [-0.15, -0.1) is 0 Å². The van der Waals surface area contributed by atoms with Crippen molar-refractivity contribution in [2.45, 2.75) is 30.2 Å². The summed E-state index contributed by atoms with van der Waals surface area (Å²) < 4.78 is 31.7. The third-order valence-electron chi connectivity index (χ3n) is 3.61. The van der Waals surface area contributed by atoms with Crippen LogP contribution in [0.4, 0.5) is 5.69 Å². The second-order valence-electron chi connectivity index (χ2n) is 4.83. The fraction of sp³-hybridized carbons (Fsp3) is 0.538. The zero-order chi connectivity index (χ0) is 14.8. The standard InChI is InChI=1S/C13H20N2O4S/c1-19-13-6-5-11(9-12(13)14)20(17,18)15(7-8-16)10-3-2-4-10/h5-6,9-10,16H,2-4,7-8,14H2,1H3. The minimum Gasteiger partial charge on any atom is -0.495 e. The van der Waals surface area contributed by atoms with E-state index in [2.05, 4.69) is 0 Å². The summed E-state index contributed by atoms with van der Waals surface area (Å²) in [4.78, 5) is 0.135. The predicted octanol–water partition coefficient (Wildman–Crippen LogP) is 0.813. The van der Waals surface area contributed by atoms with E-state index in [4.69, 9.17) is 15.6 Å². The van der Waals surface area contributed by atoms with Crippen molar-refractivity contribution < 1.29 is 18.3 Å². The topological polar surface area (TPSA) is 92.9 Å². The van der Waals surface area contributed by atoms with E-state index in [1.54, 1.807) is 6.07 Å². The Hall–Kier alpha value is -1.31. The van der Waals surface area contributed by atoms with Crippen LogP contribution in [-0.2, 0) is 10.0 Å². The molecule has 0 spiro atoms. The highest BCUT2D eigenvalue weighted by atomic mass is 32.2. The molecule has 0 bridgehead atoms. The van der Waals surface area contributed by atoms with Gasteiger partial charge >= 0.3 is 0 Å². The van der Waals surface area contributed by atoms with Gasteiger partial charge in [0.05, 0.1) is 24.3 Å². The molecule has 0 atom stereocenters. The average Bonchev–Trinajstić information content (AvgIpc) is 2.36. The van der Waals surface area contributed by atoms with E-state index in [-0.39, 0.29) is 29.8 Å². The highest BCUT2D eigenvalue weighted by Crippen LogP contribution is 2.31. The molecule has 0 radical (unpaired) electrons. The van der Waals surface area contributed by atoms with E-state index >= 15 is 0 Å². The average molecular weight is 300 g/mol. The molecule has 0 heterocycles. The Labute approximate surface area is 119 Å². The van der Waals surface area contributed by atoms with E-state index in [1.807, 2.05) is 0 Å². The Morgan fingerprint density at radius 1 is 1.45 bits per heavy atom. The first-order valence-electron chi connectivity index (χ1n) is 6.57. The molecule has 0 aromatic heterocycles. The predicted molar refractivity (Wildman–Crippen MR) is 76.0 cm³/mol. The first-order chi connectivity index (χ1) is 9.50. The quantitative estimate of drug-likeness (QED) is 0.759. The summed E-state index contributed by atoms with van der Waals surface area (Å²) in [6.07, 6.45) is 2.70. The number of nitrogen functional groups attached to an aromatic ring is 1. The summed E-state index contributed by atoms with van der Waals surface area (Å²) in [5.74, 6) is 0.446. The summed E-state index contributed by atoms with van der Waals surface area (Å²) in [6, 6.07) is 4.40. The highest BCUT2D eigenvalue weighted by molar-refractivity contribution is 7.89. The monoisotopic (exact) mass is 300 g/mol. The maximum absolute atomic E-state index is 12.6. The number of nitrogens with zero attached hydrogens (tertiary/aromatic N) is 1. The maximum Gasteiger partial charge on any atom is 0.243 e. The lowest BCUT2D eigenvalue weighted by Crippen LogP contribution is -2.45.